The highest BCUT2D eigenvalue weighted by atomic mass is 28.3. The first-order chi connectivity index (χ1) is 12.0. The molecule has 0 fully saturated rings. The zero-order chi connectivity index (χ0) is 20.0. The lowest BCUT2D eigenvalue weighted by molar-refractivity contribution is -0.144. The van der Waals surface area contributed by atoms with E-state index in [1.54, 1.807) is 12.1 Å². The van der Waals surface area contributed by atoms with Crippen LogP contribution >= 0.6 is 0 Å². The van der Waals surface area contributed by atoms with Crippen molar-refractivity contribution in [2.75, 3.05) is 7.11 Å². The van der Waals surface area contributed by atoms with Crippen molar-refractivity contribution < 1.29 is 18.7 Å². The number of carbonyl (C=O) groups is 2. The molecule has 4 nitrogen and oxygen atoms in total. The fourth-order valence-corrected chi connectivity index (χ4v) is 2.89. The van der Waals surface area contributed by atoms with Gasteiger partial charge in [-0.15, -0.1) is 11.5 Å². The number of ether oxygens (including phenoxy) is 1. The number of methoxy groups -OCH3 is 1. The molecule has 0 unspecified atom stereocenters. The van der Waals surface area contributed by atoms with Gasteiger partial charge in [0.05, 0.1) is 13.5 Å². The summed E-state index contributed by atoms with van der Waals surface area (Å²) in [5, 5.41) is 2.75. The van der Waals surface area contributed by atoms with Gasteiger partial charge in [-0.1, -0.05) is 46.0 Å². The van der Waals surface area contributed by atoms with Crippen LogP contribution in [-0.4, -0.2) is 33.1 Å². The van der Waals surface area contributed by atoms with Gasteiger partial charge in [0.1, 0.15) is 19.9 Å². The van der Waals surface area contributed by atoms with E-state index in [2.05, 4.69) is 50.6 Å². The predicted molar refractivity (Wildman–Crippen MR) is 104 cm³/mol. The highest BCUT2D eigenvalue weighted by Crippen LogP contribution is 2.35. The molecule has 0 radical (unpaired) electrons. The molecule has 1 amide bonds. The van der Waals surface area contributed by atoms with Crippen LogP contribution in [0.2, 0.25) is 18.1 Å². The summed E-state index contributed by atoms with van der Waals surface area (Å²) >= 11 is 0. The Morgan fingerprint density at radius 2 is 1.96 bits per heavy atom. The highest BCUT2D eigenvalue weighted by Gasteiger charge is 2.33. The van der Waals surface area contributed by atoms with Crippen molar-refractivity contribution in [2.24, 2.45) is 0 Å². The number of esters is 1. The van der Waals surface area contributed by atoms with Gasteiger partial charge < -0.3 is 10.1 Å². The average Bonchev–Trinajstić information content (AvgIpc) is 2.51. The fourth-order valence-electron chi connectivity index (χ4n) is 1.97. The van der Waals surface area contributed by atoms with Crippen LogP contribution in [0.5, 0.6) is 0 Å². The lowest BCUT2D eigenvalue weighted by atomic mass is 10.1. The Kier molecular flexibility index (Phi) is 7.58. The highest BCUT2D eigenvalue weighted by molar-refractivity contribution is 6.87. The fraction of sp³-hybridized carbons (Fsp3) is 0.500. The van der Waals surface area contributed by atoms with Gasteiger partial charge >= 0.3 is 5.97 Å². The lowest BCUT2D eigenvalue weighted by Gasteiger charge is -2.31. The number of carbonyl (C=O) groups excluding carboxylic acids is 2. The van der Waals surface area contributed by atoms with Crippen molar-refractivity contribution in [3.05, 3.63) is 35.6 Å². The number of hydrogen-bond acceptors (Lipinski definition) is 3. The average molecular weight is 378 g/mol. The van der Waals surface area contributed by atoms with Gasteiger partial charge in [-0.05, 0) is 22.7 Å². The molecule has 1 aromatic carbocycles. The van der Waals surface area contributed by atoms with Gasteiger partial charge in [0.25, 0.3) is 0 Å². The van der Waals surface area contributed by atoms with E-state index in [0.29, 0.717) is 5.56 Å². The second-order valence-corrected chi connectivity index (χ2v) is 12.8. The van der Waals surface area contributed by atoms with Crippen LogP contribution in [0.4, 0.5) is 4.39 Å². The summed E-state index contributed by atoms with van der Waals surface area (Å²) < 4.78 is 18.0. The lowest BCUT2D eigenvalue weighted by Crippen LogP contribution is -2.42. The van der Waals surface area contributed by atoms with Crippen LogP contribution in [0.1, 0.15) is 32.8 Å². The molecule has 142 valence electrons. The molecule has 1 rings (SSSR count). The molecule has 0 aromatic heterocycles. The Morgan fingerprint density at radius 1 is 1.31 bits per heavy atom. The first kappa shape index (κ1) is 21.9. The summed E-state index contributed by atoms with van der Waals surface area (Å²) in [5.41, 5.74) is 3.86. The van der Waals surface area contributed by atoms with Gasteiger partial charge in [-0.3, -0.25) is 4.79 Å². The maximum Gasteiger partial charge on any atom is 0.329 e. The summed E-state index contributed by atoms with van der Waals surface area (Å²) in [7, 11) is -0.518. The van der Waals surface area contributed by atoms with Crippen LogP contribution in [-0.2, 0) is 20.7 Å². The van der Waals surface area contributed by atoms with E-state index in [1.807, 2.05) is 0 Å². The van der Waals surface area contributed by atoms with Gasteiger partial charge in [0.2, 0.25) is 5.91 Å². The molecule has 0 saturated heterocycles. The van der Waals surface area contributed by atoms with Crippen molar-refractivity contribution in [1.29, 1.82) is 0 Å². The molecule has 0 saturated carbocycles. The zero-order valence-corrected chi connectivity index (χ0v) is 17.4. The van der Waals surface area contributed by atoms with Gasteiger partial charge in [0.15, 0.2) is 0 Å². The molecule has 26 heavy (non-hydrogen) atoms. The maximum atomic E-state index is 13.2. The molecule has 0 aliphatic carbocycles. The molecule has 1 N–H and O–H groups in total. The number of halogens is 1. The van der Waals surface area contributed by atoms with E-state index in [0.717, 1.165) is 0 Å². The van der Waals surface area contributed by atoms with E-state index in [9.17, 15) is 14.0 Å². The summed E-state index contributed by atoms with van der Waals surface area (Å²) in [5.74, 6) is 1.74. The molecule has 0 bridgehead atoms. The monoisotopic (exact) mass is 377 g/mol. The molecular weight excluding hydrogens is 349 g/mol. The predicted octanol–water partition coefficient (Wildman–Crippen LogP) is 3.47. The van der Waals surface area contributed by atoms with E-state index in [-0.39, 0.29) is 23.8 Å². The molecule has 1 aromatic rings. The third-order valence-corrected chi connectivity index (χ3v) is 9.21. The third-order valence-electron chi connectivity index (χ3n) is 4.66. The van der Waals surface area contributed by atoms with E-state index < -0.39 is 25.9 Å². The number of hydrogen-bond donors (Lipinski definition) is 1. The van der Waals surface area contributed by atoms with E-state index in [4.69, 9.17) is 4.74 Å². The van der Waals surface area contributed by atoms with Gasteiger partial charge in [0, 0.05) is 6.42 Å². The Morgan fingerprint density at radius 3 is 2.50 bits per heavy atom. The Hall–Kier alpha value is -2.13. The number of nitrogens with one attached hydrogen (secondary N) is 1. The number of amides is 1. The van der Waals surface area contributed by atoms with E-state index in [1.165, 1.54) is 19.2 Å². The normalized spacial score (nSPS) is 12.6. The quantitative estimate of drug-likeness (QED) is 0.486. The largest absolute Gasteiger partial charge is 0.467 e. The van der Waals surface area contributed by atoms with Crippen LogP contribution < -0.4 is 5.32 Å². The molecular formula is C20H28FNO3Si. The minimum atomic E-state index is -1.79. The van der Waals surface area contributed by atoms with Crippen LogP contribution in [0.25, 0.3) is 0 Å². The minimum absolute atomic E-state index is 0.0130. The zero-order valence-electron chi connectivity index (χ0n) is 16.4. The number of benzene rings is 1. The summed E-state index contributed by atoms with van der Waals surface area (Å²) in [6.45, 7) is 10.8. The Balaban J connectivity index is 2.79. The molecule has 0 aliphatic heterocycles. The minimum Gasteiger partial charge on any atom is -0.467 e. The second kappa shape index (κ2) is 8.99. The Labute approximate surface area is 156 Å². The van der Waals surface area contributed by atoms with Crippen molar-refractivity contribution in [2.45, 2.75) is 57.8 Å². The first-order valence-electron chi connectivity index (χ1n) is 8.58. The molecule has 6 heteroatoms. The second-order valence-electron chi connectivity index (χ2n) is 7.83. The summed E-state index contributed by atoms with van der Waals surface area (Å²) in [6.07, 6.45) is 0.176. The van der Waals surface area contributed by atoms with E-state index >= 15 is 0 Å². The summed E-state index contributed by atoms with van der Waals surface area (Å²) in [6, 6.07) is 4.98. The van der Waals surface area contributed by atoms with Crippen LogP contribution in [0.15, 0.2) is 24.3 Å². The van der Waals surface area contributed by atoms with Gasteiger partial charge in [-0.25, -0.2) is 9.18 Å². The topological polar surface area (TPSA) is 55.4 Å². The van der Waals surface area contributed by atoms with Crippen molar-refractivity contribution in [3.8, 4) is 11.5 Å². The third kappa shape index (κ3) is 6.64. The van der Waals surface area contributed by atoms with Crippen molar-refractivity contribution in [3.63, 3.8) is 0 Å². The van der Waals surface area contributed by atoms with Crippen molar-refractivity contribution in [1.82, 2.24) is 5.32 Å². The smallest absolute Gasteiger partial charge is 0.329 e. The number of rotatable bonds is 5. The van der Waals surface area contributed by atoms with Crippen molar-refractivity contribution >= 4 is 20.0 Å². The molecule has 0 aliphatic rings. The summed E-state index contributed by atoms with van der Waals surface area (Å²) in [4.78, 5) is 24.1. The van der Waals surface area contributed by atoms with Crippen LogP contribution in [0, 0.1) is 17.3 Å². The van der Waals surface area contributed by atoms with Gasteiger partial charge in [-0.2, -0.15) is 0 Å². The van der Waals surface area contributed by atoms with Crippen LogP contribution in [0.3, 0.4) is 0 Å². The SMILES string of the molecule is COC(=O)[C@H](CC#C[Si](C)(C)C(C)(C)C)NC(=O)Cc1cccc(F)c1. The standard InChI is InChI=1S/C20H28FNO3Si/c1-20(2,3)26(5,6)12-8-11-17(19(24)25-4)22-18(23)14-15-9-7-10-16(21)13-15/h7,9-10,13,17H,11,14H2,1-6H3,(H,22,23)/t17-/m0/s1. The molecule has 0 spiro atoms. The Bertz CT molecular complexity index is 714. The molecule has 0 heterocycles. The maximum absolute atomic E-state index is 13.2. The first-order valence-corrected chi connectivity index (χ1v) is 11.6. The molecule has 1 atom stereocenters.